The molecule has 5 heteroatoms. The lowest BCUT2D eigenvalue weighted by molar-refractivity contribution is -0.137. The zero-order valence-corrected chi connectivity index (χ0v) is 11.4. The minimum Gasteiger partial charge on any atom is -0.289 e. The van der Waals surface area contributed by atoms with Gasteiger partial charge in [0.15, 0.2) is 5.78 Å². The predicted octanol–water partition coefficient (Wildman–Crippen LogP) is 4.66. The van der Waals surface area contributed by atoms with E-state index in [-0.39, 0.29) is 11.1 Å². The lowest BCUT2D eigenvalue weighted by Crippen LogP contribution is -2.14. The third-order valence-electron chi connectivity index (χ3n) is 2.83. The molecular formula is C15H11F3OS. The molecule has 0 heterocycles. The van der Waals surface area contributed by atoms with Crippen LogP contribution in [-0.4, -0.2) is 12.0 Å². The molecule has 2 aromatic carbocycles. The van der Waals surface area contributed by atoms with E-state index in [1.165, 1.54) is 30.0 Å². The van der Waals surface area contributed by atoms with Crippen molar-refractivity contribution in [3.63, 3.8) is 0 Å². The molecule has 0 atom stereocenters. The van der Waals surface area contributed by atoms with Crippen molar-refractivity contribution in [3.8, 4) is 0 Å². The van der Waals surface area contributed by atoms with Crippen LogP contribution in [0.3, 0.4) is 0 Å². The van der Waals surface area contributed by atoms with Crippen molar-refractivity contribution in [2.75, 3.05) is 6.26 Å². The van der Waals surface area contributed by atoms with Gasteiger partial charge in [-0.1, -0.05) is 30.3 Å². The number of alkyl halides is 3. The molecule has 0 unspecified atom stereocenters. The molecule has 1 nitrogen and oxygen atoms in total. The molecule has 0 aliphatic carbocycles. The smallest absolute Gasteiger partial charge is 0.289 e. The Morgan fingerprint density at radius 1 is 0.950 bits per heavy atom. The summed E-state index contributed by atoms with van der Waals surface area (Å²) < 4.78 is 38.8. The van der Waals surface area contributed by atoms with Gasteiger partial charge in [0, 0.05) is 16.0 Å². The van der Waals surface area contributed by atoms with Crippen molar-refractivity contribution in [1.29, 1.82) is 0 Å². The van der Waals surface area contributed by atoms with Crippen LogP contribution in [-0.2, 0) is 6.18 Å². The van der Waals surface area contributed by atoms with Crippen LogP contribution in [0.25, 0.3) is 0 Å². The molecule has 0 bridgehead atoms. The van der Waals surface area contributed by atoms with E-state index in [1.807, 2.05) is 0 Å². The molecule has 2 aromatic rings. The average Bonchev–Trinajstić information content (AvgIpc) is 2.45. The molecule has 0 aliphatic heterocycles. The first-order valence-corrected chi connectivity index (χ1v) is 7.01. The third-order valence-corrected chi connectivity index (χ3v) is 3.62. The van der Waals surface area contributed by atoms with Crippen LogP contribution in [0, 0.1) is 0 Å². The van der Waals surface area contributed by atoms with Gasteiger partial charge in [-0.2, -0.15) is 13.2 Å². The van der Waals surface area contributed by atoms with E-state index >= 15 is 0 Å². The van der Waals surface area contributed by atoms with Crippen LogP contribution in [0.5, 0.6) is 0 Å². The zero-order chi connectivity index (χ0) is 14.8. The van der Waals surface area contributed by atoms with Crippen LogP contribution in [0.2, 0.25) is 0 Å². The average molecular weight is 296 g/mol. The van der Waals surface area contributed by atoms with Crippen LogP contribution in [0.15, 0.2) is 53.4 Å². The van der Waals surface area contributed by atoms with E-state index in [1.54, 1.807) is 30.5 Å². The Morgan fingerprint density at radius 3 is 2.10 bits per heavy atom. The molecule has 2 rings (SSSR count). The zero-order valence-electron chi connectivity index (χ0n) is 10.6. The molecule has 0 saturated carbocycles. The van der Waals surface area contributed by atoms with Crippen molar-refractivity contribution < 1.29 is 18.0 Å². The second kappa shape index (κ2) is 5.71. The number of hydrogen-bond acceptors (Lipinski definition) is 2. The topological polar surface area (TPSA) is 17.1 Å². The molecule has 104 valence electrons. The van der Waals surface area contributed by atoms with E-state index in [4.69, 9.17) is 0 Å². The number of ketones is 1. The van der Waals surface area contributed by atoms with E-state index in [0.29, 0.717) is 4.90 Å². The number of halogens is 3. The van der Waals surface area contributed by atoms with Gasteiger partial charge >= 0.3 is 6.18 Å². The highest BCUT2D eigenvalue weighted by molar-refractivity contribution is 7.98. The summed E-state index contributed by atoms with van der Waals surface area (Å²) in [6.45, 7) is 0. The van der Waals surface area contributed by atoms with Crippen molar-refractivity contribution >= 4 is 17.5 Å². The van der Waals surface area contributed by atoms with E-state index in [9.17, 15) is 18.0 Å². The van der Waals surface area contributed by atoms with E-state index in [0.717, 1.165) is 6.07 Å². The number of carbonyl (C=O) groups excluding carboxylic acids is 1. The lowest BCUT2D eigenvalue weighted by Gasteiger charge is -2.13. The Bertz CT molecular complexity index is 635. The molecule has 0 saturated heterocycles. The Balaban J connectivity index is 2.55. The van der Waals surface area contributed by atoms with Crippen LogP contribution in [0.4, 0.5) is 13.2 Å². The van der Waals surface area contributed by atoms with Gasteiger partial charge < -0.3 is 0 Å². The third kappa shape index (κ3) is 2.88. The minimum atomic E-state index is -4.54. The Labute approximate surface area is 118 Å². The summed E-state index contributed by atoms with van der Waals surface area (Å²) in [5.41, 5.74) is -0.931. The second-order valence-corrected chi connectivity index (χ2v) is 4.92. The highest BCUT2D eigenvalue weighted by Crippen LogP contribution is 2.33. The van der Waals surface area contributed by atoms with Gasteiger partial charge in [0.25, 0.3) is 0 Å². The van der Waals surface area contributed by atoms with Crippen LogP contribution < -0.4 is 0 Å². The summed E-state index contributed by atoms with van der Waals surface area (Å²) in [6, 6.07) is 11.5. The summed E-state index contributed by atoms with van der Waals surface area (Å²) in [5.74, 6) is -0.608. The van der Waals surface area contributed by atoms with Gasteiger partial charge in [0.2, 0.25) is 0 Å². The van der Waals surface area contributed by atoms with Gasteiger partial charge in [-0.3, -0.25) is 4.79 Å². The summed E-state index contributed by atoms with van der Waals surface area (Å²) in [5, 5.41) is 0. The summed E-state index contributed by atoms with van der Waals surface area (Å²) in [4.78, 5) is 13.0. The maximum atomic E-state index is 12.9. The first kappa shape index (κ1) is 14.7. The van der Waals surface area contributed by atoms with Gasteiger partial charge in [-0.25, -0.2) is 0 Å². The number of benzene rings is 2. The molecule has 0 aliphatic rings. The molecule has 20 heavy (non-hydrogen) atoms. The van der Waals surface area contributed by atoms with E-state index in [2.05, 4.69) is 0 Å². The number of thioether (sulfide) groups is 1. The van der Waals surface area contributed by atoms with Crippen LogP contribution in [0.1, 0.15) is 21.5 Å². The number of carbonyl (C=O) groups is 1. The Kier molecular flexibility index (Phi) is 4.18. The molecule has 0 radical (unpaired) electrons. The van der Waals surface area contributed by atoms with Gasteiger partial charge in [0.05, 0.1) is 5.56 Å². The van der Waals surface area contributed by atoms with Gasteiger partial charge in [0.1, 0.15) is 0 Å². The number of rotatable bonds is 3. The molecule has 0 N–H and O–H groups in total. The fourth-order valence-corrected chi connectivity index (χ4v) is 2.50. The molecule has 0 aromatic heterocycles. The largest absolute Gasteiger partial charge is 0.417 e. The fraction of sp³-hybridized carbons (Fsp3) is 0.133. The van der Waals surface area contributed by atoms with Crippen molar-refractivity contribution in [3.05, 3.63) is 65.2 Å². The maximum absolute atomic E-state index is 12.9. The normalized spacial score (nSPS) is 11.4. The Hall–Kier alpha value is -1.75. The molecular weight excluding hydrogens is 285 g/mol. The highest BCUT2D eigenvalue weighted by atomic mass is 32.2. The monoisotopic (exact) mass is 296 g/mol. The second-order valence-electron chi connectivity index (χ2n) is 4.07. The molecule has 0 spiro atoms. The fourth-order valence-electron chi connectivity index (χ4n) is 1.91. The summed E-state index contributed by atoms with van der Waals surface area (Å²) >= 11 is 1.33. The standard InChI is InChI=1S/C15H11F3OS/c1-20-13-9-5-3-7-11(13)14(19)10-6-2-4-8-12(10)15(16,17)18/h2-9H,1H3. The maximum Gasteiger partial charge on any atom is 0.417 e. The minimum absolute atomic E-state index is 0.289. The molecule has 0 fully saturated rings. The van der Waals surface area contributed by atoms with Gasteiger partial charge in [-0.15, -0.1) is 11.8 Å². The van der Waals surface area contributed by atoms with E-state index < -0.39 is 17.5 Å². The highest BCUT2D eigenvalue weighted by Gasteiger charge is 2.35. The predicted molar refractivity (Wildman–Crippen MR) is 73.1 cm³/mol. The molecule has 0 amide bonds. The van der Waals surface area contributed by atoms with Crippen LogP contribution >= 0.6 is 11.8 Å². The SMILES string of the molecule is CSc1ccccc1C(=O)c1ccccc1C(F)(F)F. The summed E-state index contributed by atoms with van der Waals surface area (Å²) in [7, 11) is 0. The Morgan fingerprint density at radius 2 is 1.50 bits per heavy atom. The lowest BCUT2D eigenvalue weighted by atomic mass is 9.98. The van der Waals surface area contributed by atoms with Crippen molar-refractivity contribution in [1.82, 2.24) is 0 Å². The number of hydrogen-bond donors (Lipinski definition) is 0. The first-order chi connectivity index (χ1) is 9.45. The first-order valence-electron chi connectivity index (χ1n) is 5.79. The van der Waals surface area contributed by atoms with Gasteiger partial charge in [-0.05, 0) is 24.5 Å². The quantitative estimate of drug-likeness (QED) is 0.605. The van der Waals surface area contributed by atoms with Crippen molar-refractivity contribution in [2.45, 2.75) is 11.1 Å². The van der Waals surface area contributed by atoms with Crippen molar-refractivity contribution in [2.24, 2.45) is 0 Å². The summed E-state index contributed by atoms with van der Waals surface area (Å²) in [6.07, 6.45) is -2.76.